The van der Waals surface area contributed by atoms with Gasteiger partial charge in [0.2, 0.25) is 0 Å². The lowest BCUT2D eigenvalue weighted by Crippen LogP contribution is -2.45. The van der Waals surface area contributed by atoms with Crippen LogP contribution in [0.15, 0.2) is 22.8 Å². The Morgan fingerprint density at radius 2 is 2.36 bits per heavy atom. The molecule has 3 nitrogen and oxygen atoms in total. The standard InChI is InChI=1S/C11H20N2O/c1-3-6-11(2,12)9-13-8-10-5-4-7-14-10/h4-5,7,13H,3,6,8-9,12H2,1-2H3. The van der Waals surface area contributed by atoms with Gasteiger partial charge in [-0.25, -0.2) is 0 Å². The van der Waals surface area contributed by atoms with Gasteiger partial charge in [-0.15, -0.1) is 0 Å². The zero-order valence-electron chi connectivity index (χ0n) is 9.05. The molecule has 1 rings (SSSR count). The molecule has 0 aromatic carbocycles. The van der Waals surface area contributed by atoms with Gasteiger partial charge in [0.05, 0.1) is 12.8 Å². The fourth-order valence-electron chi connectivity index (χ4n) is 1.54. The van der Waals surface area contributed by atoms with Gasteiger partial charge in [0.15, 0.2) is 0 Å². The summed E-state index contributed by atoms with van der Waals surface area (Å²) in [5.74, 6) is 0.956. The first-order valence-electron chi connectivity index (χ1n) is 5.16. The Labute approximate surface area is 85.7 Å². The number of furan rings is 1. The van der Waals surface area contributed by atoms with Crippen LogP contribution in [-0.2, 0) is 6.54 Å². The Kier molecular flexibility index (Phi) is 4.17. The SMILES string of the molecule is CCCC(C)(N)CNCc1ccco1. The van der Waals surface area contributed by atoms with E-state index in [4.69, 9.17) is 10.2 Å². The molecule has 0 amide bonds. The number of nitrogens with one attached hydrogen (secondary N) is 1. The lowest BCUT2D eigenvalue weighted by atomic mass is 9.98. The largest absolute Gasteiger partial charge is 0.468 e. The molecule has 14 heavy (non-hydrogen) atoms. The van der Waals surface area contributed by atoms with Crippen LogP contribution in [0.4, 0.5) is 0 Å². The van der Waals surface area contributed by atoms with E-state index in [0.717, 1.165) is 31.7 Å². The zero-order chi connectivity index (χ0) is 10.4. The molecule has 0 radical (unpaired) electrons. The van der Waals surface area contributed by atoms with Crippen LogP contribution in [0.1, 0.15) is 32.4 Å². The Balaban J connectivity index is 2.20. The van der Waals surface area contributed by atoms with Crippen molar-refractivity contribution in [3.63, 3.8) is 0 Å². The van der Waals surface area contributed by atoms with Crippen molar-refractivity contribution in [1.29, 1.82) is 0 Å². The third-order valence-electron chi connectivity index (χ3n) is 2.23. The summed E-state index contributed by atoms with van der Waals surface area (Å²) in [5, 5.41) is 3.29. The maximum Gasteiger partial charge on any atom is 0.117 e. The summed E-state index contributed by atoms with van der Waals surface area (Å²) in [6.45, 7) is 5.80. The van der Waals surface area contributed by atoms with E-state index < -0.39 is 0 Å². The normalized spacial score (nSPS) is 15.4. The topological polar surface area (TPSA) is 51.2 Å². The van der Waals surface area contributed by atoms with E-state index in [1.54, 1.807) is 6.26 Å². The lowest BCUT2D eigenvalue weighted by molar-refractivity contribution is 0.383. The fraction of sp³-hybridized carbons (Fsp3) is 0.636. The summed E-state index contributed by atoms with van der Waals surface area (Å²) in [6, 6.07) is 3.85. The van der Waals surface area contributed by atoms with Gasteiger partial charge < -0.3 is 15.5 Å². The highest BCUT2D eigenvalue weighted by Gasteiger charge is 2.16. The van der Waals surface area contributed by atoms with Gasteiger partial charge in [-0.2, -0.15) is 0 Å². The van der Waals surface area contributed by atoms with Gasteiger partial charge in [0.1, 0.15) is 5.76 Å². The Morgan fingerprint density at radius 1 is 1.57 bits per heavy atom. The third-order valence-corrected chi connectivity index (χ3v) is 2.23. The minimum absolute atomic E-state index is 0.110. The van der Waals surface area contributed by atoms with E-state index in [1.165, 1.54) is 0 Å². The van der Waals surface area contributed by atoms with Crippen molar-refractivity contribution >= 4 is 0 Å². The van der Waals surface area contributed by atoms with E-state index in [9.17, 15) is 0 Å². The van der Waals surface area contributed by atoms with Crippen molar-refractivity contribution < 1.29 is 4.42 Å². The predicted octanol–water partition coefficient (Wildman–Crippen LogP) is 1.89. The first-order chi connectivity index (χ1) is 6.64. The fourth-order valence-corrected chi connectivity index (χ4v) is 1.54. The van der Waals surface area contributed by atoms with Gasteiger partial charge in [0, 0.05) is 12.1 Å². The molecule has 0 saturated carbocycles. The van der Waals surface area contributed by atoms with Gasteiger partial charge in [-0.3, -0.25) is 0 Å². The molecule has 0 aliphatic rings. The first kappa shape index (κ1) is 11.3. The highest BCUT2D eigenvalue weighted by Crippen LogP contribution is 2.07. The summed E-state index contributed by atoms with van der Waals surface area (Å²) in [4.78, 5) is 0. The number of hydrogen-bond donors (Lipinski definition) is 2. The maximum absolute atomic E-state index is 6.07. The van der Waals surface area contributed by atoms with E-state index >= 15 is 0 Å². The average molecular weight is 196 g/mol. The number of hydrogen-bond acceptors (Lipinski definition) is 3. The molecule has 0 saturated heterocycles. The number of rotatable bonds is 6. The van der Waals surface area contributed by atoms with Crippen molar-refractivity contribution in [2.75, 3.05) is 6.54 Å². The Morgan fingerprint density at radius 3 is 2.93 bits per heavy atom. The molecule has 1 atom stereocenters. The van der Waals surface area contributed by atoms with Crippen LogP contribution in [0.2, 0.25) is 0 Å². The molecule has 1 aromatic heterocycles. The van der Waals surface area contributed by atoms with E-state index in [-0.39, 0.29) is 5.54 Å². The van der Waals surface area contributed by atoms with E-state index in [0.29, 0.717) is 0 Å². The lowest BCUT2D eigenvalue weighted by Gasteiger charge is -2.24. The monoisotopic (exact) mass is 196 g/mol. The van der Waals surface area contributed by atoms with Crippen LogP contribution in [0.25, 0.3) is 0 Å². The highest BCUT2D eigenvalue weighted by molar-refractivity contribution is 4.97. The quantitative estimate of drug-likeness (QED) is 0.730. The van der Waals surface area contributed by atoms with Crippen molar-refractivity contribution in [3.05, 3.63) is 24.2 Å². The molecular formula is C11H20N2O. The molecule has 80 valence electrons. The smallest absolute Gasteiger partial charge is 0.117 e. The molecule has 0 aliphatic heterocycles. The van der Waals surface area contributed by atoms with Crippen LogP contribution >= 0.6 is 0 Å². The van der Waals surface area contributed by atoms with E-state index in [2.05, 4.69) is 19.2 Å². The third kappa shape index (κ3) is 3.94. The summed E-state index contributed by atoms with van der Waals surface area (Å²) < 4.78 is 5.20. The molecule has 1 unspecified atom stereocenters. The molecule has 1 aromatic rings. The summed E-state index contributed by atoms with van der Waals surface area (Å²) in [7, 11) is 0. The molecular weight excluding hydrogens is 176 g/mol. The Bertz CT molecular complexity index is 242. The van der Waals surface area contributed by atoms with Crippen molar-refractivity contribution in [2.45, 2.75) is 38.8 Å². The summed E-state index contributed by atoms with van der Waals surface area (Å²) in [5.41, 5.74) is 5.96. The van der Waals surface area contributed by atoms with Gasteiger partial charge >= 0.3 is 0 Å². The van der Waals surface area contributed by atoms with Gasteiger partial charge in [-0.1, -0.05) is 13.3 Å². The van der Waals surface area contributed by atoms with Gasteiger partial charge in [-0.05, 0) is 25.5 Å². The number of nitrogens with two attached hydrogens (primary N) is 1. The molecule has 0 bridgehead atoms. The molecule has 3 heteroatoms. The second-order valence-electron chi connectivity index (χ2n) is 4.09. The van der Waals surface area contributed by atoms with Crippen LogP contribution in [0.5, 0.6) is 0 Å². The van der Waals surface area contributed by atoms with Crippen molar-refractivity contribution in [1.82, 2.24) is 5.32 Å². The zero-order valence-corrected chi connectivity index (χ0v) is 9.05. The predicted molar refractivity (Wildman–Crippen MR) is 57.9 cm³/mol. The molecule has 0 fully saturated rings. The molecule has 1 heterocycles. The highest BCUT2D eigenvalue weighted by atomic mass is 16.3. The average Bonchev–Trinajstić information content (AvgIpc) is 2.56. The summed E-state index contributed by atoms with van der Waals surface area (Å²) >= 11 is 0. The first-order valence-corrected chi connectivity index (χ1v) is 5.16. The van der Waals surface area contributed by atoms with E-state index in [1.807, 2.05) is 12.1 Å². The van der Waals surface area contributed by atoms with Gasteiger partial charge in [0.25, 0.3) is 0 Å². The summed E-state index contributed by atoms with van der Waals surface area (Å²) in [6.07, 6.45) is 3.85. The van der Waals surface area contributed by atoms with Crippen LogP contribution in [-0.4, -0.2) is 12.1 Å². The minimum atomic E-state index is -0.110. The minimum Gasteiger partial charge on any atom is -0.468 e. The van der Waals surface area contributed by atoms with Crippen LogP contribution in [0, 0.1) is 0 Å². The van der Waals surface area contributed by atoms with Crippen LogP contribution in [0.3, 0.4) is 0 Å². The molecule has 0 aliphatic carbocycles. The second-order valence-corrected chi connectivity index (χ2v) is 4.09. The second kappa shape index (κ2) is 5.17. The maximum atomic E-state index is 6.07. The Hall–Kier alpha value is -0.800. The molecule has 3 N–H and O–H groups in total. The van der Waals surface area contributed by atoms with Crippen molar-refractivity contribution in [2.24, 2.45) is 5.73 Å². The van der Waals surface area contributed by atoms with Crippen LogP contribution < -0.4 is 11.1 Å². The molecule has 0 spiro atoms. The van der Waals surface area contributed by atoms with Crippen molar-refractivity contribution in [3.8, 4) is 0 Å².